The van der Waals surface area contributed by atoms with Crippen LogP contribution in [0.15, 0.2) is 48.0 Å². The van der Waals surface area contributed by atoms with E-state index in [0.717, 1.165) is 42.1 Å². The van der Waals surface area contributed by atoms with E-state index in [1.165, 1.54) is 0 Å². The lowest BCUT2D eigenvalue weighted by atomic mass is 10.1. The Morgan fingerprint density at radius 2 is 2.04 bits per heavy atom. The lowest BCUT2D eigenvalue weighted by Crippen LogP contribution is -2.29. The van der Waals surface area contributed by atoms with Gasteiger partial charge in [-0.15, -0.1) is 16.4 Å². The molecule has 1 saturated heterocycles. The zero-order valence-electron chi connectivity index (χ0n) is 13.7. The number of hydrogen-bond donors (Lipinski definition) is 2. The first-order valence-corrected chi connectivity index (χ1v) is 9.26. The van der Waals surface area contributed by atoms with Gasteiger partial charge < -0.3 is 10.6 Å². The van der Waals surface area contributed by atoms with Gasteiger partial charge in [0.1, 0.15) is 0 Å². The van der Waals surface area contributed by atoms with E-state index in [2.05, 4.69) is 20.9 Å². The monoisotopic (exact) mass is 353 g/mol. The number of nitrogens with one attached hydrogen (secondary N) is 2. The minimum absolute atomic E-state index is 0.232. The first-order valence-electron chi connectivity index (χ1n) is 8.38. The van der Waals surface area contributed by atoms with Gasteiger partial charge in [0.2, 0.25) is 0 Å². The molecule has 1 aliphatic heterocycles. The molecule has 2 aromatic heterocycles. The molecule has 1 fully saturated rings. The van der Waals surface area contributed by atoms with Crippen LogP contribution in [0.3, 0.4) is 0 Å². The van der Waals surface area contributed by atoms with Crippen LogP contribution in [-0.2, 0) is 0 Å². The number of nitrogens with zero attached hydrogens (tertiary/aromatic N) is 3. The van der Waals surface area contributed by atoms with E-state index in [9.17, 15) is 4.79 Å². The van der Waals surface area contributed by atoms with Crippen LogP contribution >= 0.6 is 11.3 Å². The number of aromatic nitrogens is 3. The molecule has 6 nitrogen and oxygen atoms in total. The molecule has 1 aromatic carbocycles. The second-order valence-corrected chi connectivity index (χ2v) is 6.99. The molecule has 0 atom stereocenters. The van der Waals surface area contributed by atoms with Gasteiger partial charge in [0.25, 0.3) is 5.91 Å². The van der Waals surface area contributed by atoms with Crippen molar-refractivity contribution in [2.75, 3.05) is 18.4 Å². The summed E-state index contributed by atoms with van der Waals surface area (Å²) in [6, 6.07) is 12.2. The zero-order valence-corrected chi connectivity index (χ0v) is 14.5. The molecule has 3 aromatic rings. The molecule has 3 heterocycles. The zero-order chi connectivity index (χ0) is 17.1. The van der Waals surface area contributed by atoms with Crippen LogP contribution in [0.5, 0.6) is 0 Å². The summed E-state index contributed by atoms with van der Waals surface area (Å²) in [6.07, 6.45) is 3.76. The Bertz CT molecular complexity index is 852. The number of carbonyl (C=O) groups is 1. The largest absolute Gasteiger partial charge is 0.320 e. The average Bonchev–Trinajstić information content (AvgIpc) is 3.35. The van der Waals surface area contributed by atoms with Crippen molar-refractivity contribution in [3.05, 3.63) is 53.7 Å². The van der Waals surface area contributed by atoms with Crippen LogP contribution in [-0.4, -0.2) is 34.0 Å². The standard InChI is InChI=1S/C18H19N5OS/c24-18(16-12-23(22-21-16)13-7-9-19-10-8-13)20-15-5-2-1-4-14(15)17-6-3-11-25-17/h1-6,11-13,19H,7-10H2,(H,20,24). The Morgan fingerprint density at radius 3 is 2.84 bits per heavy atom. The topological polar surface area (TPSA) is 71.8 Å². The Balaban J connectivity index is 1.52. The predicted octanol–water partition coefficient (Wildman–Crippen LogP) is 3.18. The summed E-state index contributed by atoms with van der Waals surface area (Å²) in [5, 5.41) is 16.5. The number of amides is 1. The normalized spacial score (nSPS) is 15.2. The van der Waals surface area contributed by atoms with Gasteiger partial charge in [0.15, 0.2) is 5.69 Å². The maximum Gasteiger partial charge on any atom is 0.277 e. The van der Waals surface area contributed by atoms with Crippen LogP contribution in [0.1, 0.15) is 29.4 Å². The number of anilines is 1. The molecule has 0 aliphatic carbocycles. The highest BCUT2D eigenvalue weighted by Crippen LogP contribution is 2.31. The second kappa shape index (κ2) is 7.16. The smallest absolute Gasteiger partial charge is 0.277 e. The van der Waals surface area contributed by atoms with Crippen molar-refractivity contribution >= 4 is 22.9 Å². The van der Waals surface area contributed by atoms with Gasteiger partial charge in [0.05, 0.1) is 12.2 Å². The quantitative estimate of drug-likeness (QED) is 0.756. The van der Waals surface area contributed by atoms with Crippen LogP contribution in [0.4, 0.5) is 5.69 Å². The molecule has 4 rings (SSSR count). The number of thiophene rings is 1. The molecular formula is C18H19N5OS. The van der Waals surface area contributed by atoms with Crippen molar-refractivity contribution < 1.29 is 4.79 Å². The fourth-order valence-electron chi connectivity index (χ4n) is 3.06. The third-order valence-corrected chi connectivity index (χ3v) is 5.29. The minimum Gasteiger partial charge on any atom is -0.320 e. The Kier molecular flexibility index (Phi) is 4.58. The highest BCUT2D eigenvalue weighted by molar-refractivity contribution is 7.13. The van der Waals surface area contributed by atoms with Crippen molar-refractivity contribution in [2.45, 2.75) is 18.9 Å². The molecule has 0 bridgehead atoms. The van der Waals surface area contributed by atoms with Crippen LogP contribution in [0.2, 0.25) is 0 Å². The third kappa shape index (κ3) is 3.47. The van der Waals surface area contributed by atoms with Crippen molar-refractivity contribution in [1.82, 2.24) is 20.3 Å². The summed E-state index contributed by atoms with van der Waals surface area (Å²) in [7, 11) is 0. The minimum atomic E-state index is -0.232. The van der Waals surface area contributed by atoms with E-state index in [4.69, 9.17) is 0 Å². The molecule has 1 aliphatic rings. The number of benzene rings is 1. The van der Waals surface area contributed by atoms with Gasteiger partial charge in [-0.25, -0.2) is 4.68 Å². The van der Waals surface area contributed by atoms with E-state index < -0.39 is 0 Å². The highest BCUT2D eigenvalue weighted by Gasteiger charge is 2.19. The molecule has 25 heavy (non-hydrogen) atoms. The molecule has 0 spiro atoms. The fraction of sp³-hybridized carbons (Fsp3) is 0.278. The Labute approximate surface area is 149 Å². The molecule has 2 N–H and O–H groups in total. The Morgan fingerprint density at radius 1 is 1.20 bits per heavy atom. The molecule has 128 valence electrons. The van der Waals surface area contributed by atoms with E-state index in [-0.39, 0.29) is 5.91 Å². The van der Waals surface area contributed by atoms with Crippen LogP contribution in [0.25, 0.3) is 10.4 Å². The van der Waals surface area contributed by atoms with Crippen LogP contribution < -0.4 is 10.6 Å². The molecule has 7 heteroatoms. The van der Waals surface area contributed by atoms with Gasteiger partial charge in [-0.1, -0.05) is 29.5 Å². The van der Waals surface area contributed by atoms with Crippen LogP contribution in [0, 0.1) is 0 Å². The van der Waals surface area contributed by atoms with Crippen molar-refractivity contribution in [1.29, 1.82) is 0 Å². The van der Waals surface area contributed by atoms with Gasteiger partial charge in [-0.05, 0) is 43.4 Å². The second-order valence-electron chi connectivity index (χ2n) is 6.04. The maximum atomic E-state index is 12.6. The summed E-state index contributed by atoms with van der Waals surface area (Å²) in [5.74, 6) is -0.232. The summed E-state index contributed by atoms with van der Waals surface area (Å²) >= 11 is 1.65. The molecule has 1 amide bonds. The van der Waals surface area contributed by atoms with E-state index >= 15 is 0 Å². The first-order chi connectivity index (χ1) is 12.3. The summed E-state index contributed by atoms with van der Waals surface area (Å²) in [4.78, 5) is 13.7. The van der Waals surface area contributed by atoms with Gasteiger partial charge in [0, 0.05) is 16.1 Å². The maximum absolute atomic E-state index is 12.6. The van der Waals surface area contributed by atoms with Gasteiger partial charge in [-0.2, -0.15) is 0 Å². The van der Waals surface area contributed by atoms with E-state index in [0.29, 0.717) is 11.7 Å². The summed E-state index contributed by atoms with van der Waals surface area (Å²) in [6.45, 7) is 1.94. The highest BCUT2D eigenvalue weighted by atomic mass is 32.1. The average molecular weight is 353 g/mol. The number of hydrogen-bond acceptors (Lipinski definition) is 5. The predicted molar refractivity (Wildman–Crippen MR) is 98.9 cm³/mol. The lowest BCUT2D eigenvalue weighted by molar-refractivity contribution is 0.102. The number of para-hydroxylation sites is 1. The van der Waals surface area contributed by atoms with Gasteiger partial charge in [-0.3, -0.25) is 4.79 Å². The summed E-state index contributed by atoms with van der Waals surface area (Å²) in [5.41, 5.74) is 2.14. The molecule has 0 unspecified atom stereocenters. The SMILES string of the molecule is O=C(Nc1ccccc1-c1cccs1)c1cn(C2CCNCC2)nn1. The molecule has 0 radical (unpaired) electrons. The molecule has 0 saturated carbocycles. The number of carbonyl (C=O) groups excluding carboxylic acids is 1. The van der Waals surface area contributed by atoms with Crippen molar-refractivity contribution in [3.8, 4) is 10.4 Å². The number of piperidine rings is 1. The summed E-state index contributed by atoms with van der Waals surface area (Å²) < 4.78 is 1.82. The number of rotatable bonds is 4. The lowest BCUT2D eigenvalue weighted by Gasteiger charge is -2.22. The van der Waals surface area contributed by atoms with Crippen molar-refractivity contribution in [3.63, 3.8) is 0 Å². The fourth-order valence-corrected chi connectivity index (χ4v) is 3.82. The van der Waals surface area contributed by atoms with Crippen molar-refractivity contribution in [2.24, 2.45) is 0 Å². The Hall–Kier alpha value is -2.51. The van der Waals surface area contributed by atoms with E-state index in [1.54, 1.807) is 17.5 Å². The van der Waals surface area contributed by atoms with E-state index in [1.807, 2.05) is 46.5 Å². The van der Waals surface area contributed by atoms with Gasteiger partial charge >= 0.3 is 0 Å². The first kappa shape index (κ1) is 16.0. The third-order valence-electron chi connectivity index (χ3n) is 4.39. The molecular weight excluding hydrogens is 334 g/mol.